The van der Waals surface area contributed by atoms with Crippen molar-refractivity contribution in [1.29, 1.82) is 0 Å². The first kappa shape index (κ1) is 20.6. The molecule has 0 unspecified atom stereocenters. The number of hydrogen-bond acceptors (Lipinski definition) is 4. The van der Waals surface area contributed by atoms with E-state index in [9.17, 15) is 13.2 Å². The minimum Gasteiger partial charge on any atom is -0.494 e. The van der Waals surface area contributed by atoms with Crippen LogP contribution in [0.4, 0.5) is 0 Å². The molecule has 1 aliphatic heterocycles. The second kappa shape index (κ2) is 9.41. The number of hydrogen-bond donors (Lipinski definition) is 1. The molecule has 2 aromatic carbocycles. The standard InChI is InChI=1S/C20H23ClN2O4S/c21-19-10-9-17(28(25,26)23-12-4-5-13-23)15-18(19)20(24)22-11-6-14-27-16-7-2-1-3-8-16/h1-3,7-10,15H,4-6,11-14H2,(H,22,24). The summed E-state index contributed by atoms with van der Waals surface area (Å²) >= 11 is 6.13. The highest BCUT2D eigenvalue weighted by Crippen LogP contribution is 2.25. The SMILES string of the molecule is O=C(NCCCOc1ccccc1)c1cc(S(=O)(=O)N2CCCC2)ccc1Cl. The quantitative estimate of drug-likeness (QED) is 0.662. The highest BCUT2D eigenvalue weighted by Gasteiger charge is 2.28. The van der Waals surface area contributed by atoms with Crippen LogP contribution in [0.5, 0.6) is 5.75 Å². The average Bonchev–Trinajstić information content (AvgIpc) is 3.24. The largest absolute Gasteiger partial charge is 0.494 e. The van der Waals surface area contributed by atoms with Gasteiger partial charge < -0.3 is 10.1 Å². The molecule has 0 bridgehead atoms. The average molecular weight is 423 g/mol. The monoisotopic (exact) mass is 422 g/mol. The summed E-state index contributed by atoms with van der Waals surface area (Å²) in [4.78, 5) is 12.5. The maximum atomic E-state index is 12.7. The van der Waals surface area contributed by atoms with Crippen molar-refractivity contribution in [1.82, 2.24) is 9.62 Å². The maximum absolute atomic E-state index is 12.7. The number of carbonyl (C=O) groups is 1. The van der Waals surface area contributed by atoms with Crippen LogP contribution in [-0.4, -0.2) is 44.9 Å². The Morgan fingerprint density at radius 2 is 1.82 bits per heavy atom. The van der Waals surface area contributed by atoms with E-state index in [1.54, 1.807) is 0 Å². The molecule has 150 valence electrons. The second-order valence-corrected chi connectivity index (χ2v) is 8.87. The Bertz CT molecular complexity index is 913. The first-order valence-electron chi connectivity index (χ1n) is 9.24. The molecular formula is C20H23ClN2O4S. The molecule has 0 aliphatic carbocycles. The summed E-state index contributed by atoms with van der Waals surface area (Å²) in [5, 5.41) is 2.98. The number of sulfonamides is 1. The molecule has 1 amide bonds. The third-order valence-corrected chi connectivity index (χ3v) is 6.73. The summed E-state index contributed by atoms with van der Waals surface area (Å²) in [6.45, 7) is 1.87. The fraction of sp³-hybridized carbons (Fsp3) is 0.350. The first-order chi connectivity index (χ1) is 13.5. The molecule has 0 spiro atoms. The van der Waals surface area contributed by atoms with Gasteiger partial charge in [0.2, 0.25) is 10.0 Å². The van der Waals surface area contributed by atoms with Gasteiger partial charge in [0.25, 0.3) is 5.91 Å². The maximum Gasteiger partial charge on any atom is 0.252 e. The van der Waals surface area contributed by atoms with E-state index in [4.69, 9.17) is 16.3 Å². The van der Waals surface area contributed by atoms with E-state index in [2.05, 4.69) is 5.32 Å². The first-order valence-corrected chi connectivity index (χ1v) is 11.1. The Morgan fingerprint density at radius 1 is 1.11 bits per heavy atom. The number of ether oxygens (including phenoxy) is 1. The molecule has 2 aromatic rings. The van der Waals surface area contributed by atoms with Crippen molar-refractivity contribution in [3.8, 4) is 5.75 Å². The number of amides is 1. The van der Waals surface area contributed by atoms with Crippen LogP contribution in [0.2, 0.25) is 5.02 Å². The smallest absolute Gasteiger partial charge is 0.252 e. The number of halogens is 1. The number of carbonyl (C=O) groups excluding carboxylic acids is 1. The summed E-state index contributed by atoms with van der Waals surface area (Å²) in [6.07, 6.45) is 2.32. The van der Waals surface area contributed by atoms with Gasteiger partial charge >= 0.3 is 0 Å². The van der Waals surface area contributed by atoms with Crippen molar-refractivity contribution in [3.05, 3.63) is 59.1 Å². The van der Waals surface area contributed by atoms with Crippen LogP contribution in [-0.2, 0) is 10.0 Å². The number of rotatable bonds is 8. The molecular weight excluding hydrogens is 400 g/mol. The van der Waals surface area contributed by atoms with Crippen molar-refractivity contribution in [2.45, 2.75) is 24.2 Å². The predicted octanol–water partition coefficient (Wildman–Crippen LogP) is 3.32. The van der Waals surface area contributed by atoms with Gasteiger partial charge in [0, 0.05) is 19.6 Å². The van der Waals surface area contributed by atoms with Gasteiger partial charge in [-0.2, -0.15) is 4.31 Å². The Hall–Kier alpha value is -2.09. The minimum absolute atomic E-state index is 0.0939. The number of nitrogens with zero attached hydrogens (tertiary/aromatic N) is 1. The lowest BCUT2D eigenvalue weighted by Gasteiger charge is -2.16. The lowest BCUT2D eigenvalue weighted by Crippen LogP contribution is -2.29. The summed E-state index contributed by atoms with van der Waals surface area (Å²) in [7, 11) is -3.60. The molecule has 1 heterocycles. The van der Waals surface area contributed by atoms with Crippen molar-refractivity contribution >= 4 is 27.5 Å². The Balaban J connectivity index is 1.57. The lowest BCUT2D eigenvalue weighted by atomic mass is 10.2. The van der Waals surface area contributed by atoms with Gasteiger partial charge in [-0.1, -0.05) is 29.8 Å². The molecule has 6 nitrogen and oxygen atoms in total. The van der Waals surface area contributed by atoms with E-state index in [1.165, 1.54) is 22.5 Å². The predicted molar refractivity (Wildman–Crippen MR) is 108 cm³/mol. The summed E-state index contributed by atoms with van der Waals surface area (Å²) < 4.78 is 32.4. The van der Waals surface area contributed by atoms with Crippen LogP contribution in [0.1, 0.15) is 29.6 Å². The van der Waals surface area contributed by atoms with Gasteiger partial charge in [-0.25, -0.2) is 8.42 Å². The van der Waals surface area contributed by atoms with Crippen LogP contribution >= 0.6 is 11.6 Å². The van der Waals surface area contributed by atoms with Crippen LogP contribution in [0.25, 0.3) is 0 Å². The van der Waals surface area contributed by atoms with E-state index in [1.807, 2.05) is 30.3 Å². The molecule has 1 fully saturated rings. The molecule has 0 atom stereocenters. The number of benzene rings is 2. The third-order valence-electron chi connectivity index (χ3n) is 4.50. The van der Waals surface area contributed by atoms with Gasteiger partial charge in [0.1, 0.15) is 5.75 Å². The van der Waals surface area contributed by atoms with E-state index in [0.29, 0.717) is 32.7 Å². The zero-order chi connectivity index (χ0) is 20.0. The Labute approximate surface area is 170 Å². The van der Waals surface area contributed by atoms with Crippen molar-refractivity contribution in [3.63, 3.8) is 0 Å². The minimum atomic E-state index is -3.60. The normalized spacial score (nSPS) is 14.8. The van der Waals surface area contributed by atoms with Crippen molar-refractivity contribution in [2.75, 3.05) is 26.2 Å². The molecule has 1 N–H and O–H groups in total. The van der Waals surface area contributed by atoms with Gasteiger partial charge in [-0.3, -0.25) is 4.79 Å². The molecule has 8 heteroatoms. The zero-order valence-corrected chi connectivity index (χ0v) is 17.0. The van der Waals surface area contributed by atoms with Crippen LogP contribution in [0, 0.1) is 0 Å². The molecule has 1 saturated heterocycles. The molecule has 0 saturated carbocycles. The van der Waals surface area contributed by atoms with Gasteiger partial charge in [0.15, 0.2) is 0 Å². The third kappa shape index (κ3) is 5.04. The molecule has 0 radical (unpaired) electrons. The van der Waals surface area contributed by atoms with Gasteiger partial charge in [-0.15, -0.1) is 0 Å². The molecule has 28 heavy (non-hydrogen) atoms. The van der Waals surface area contributed by atoms with Crippen LogP contribution < -0.4 is 10.1 Å². The zero-order valence-electron chi connectivity index (χ0n) is 15.4. The highest BCUT2D eigenvalue weighted by molar-refractivity contribution is 7.89. The van der Waals surface area contributed by atoms with Gasteiger partial charge in [-0.05, 0) is 49.6 Å². The van der Waals surface area contributed by atoms with Crippen molar-refractivity contribution in [2.24, 2.45) is 0 Å². The fourth-order valence-corrected chi connectivity index (χ4v) is 4.74. The molecule has 1 aliphatic rings. The lowest BCUT2D eigenvalue weighted by molar-refractivity contribution is 0.0951. The Kier molecular flexibility index (Phi) is 6.93. The van der Waals surface area contributed by atoms with Crippen molar-refractivity contribution < 1.29 is 17.9 Å². The topological polar surface area (TPSA) is 75.7 Å². The highest BCUT2D eigenvalue weighted by atomic mass is 35.5. The van der Waals surface area contributed by atoms with Crippen LogP contribution in [0.15, 0.2) is 53.4 Å². The summed E-state index contributed by atoms with van der Waals surface area (Å²) in [6, 6.07) is 13.7. The fourth-order valence-electron chi connectivity index (χ4n) is 2.99. The molecule has 0 aromatic heterocycles. The molecule has 3 rings (SSSR count). The van der Waals surface area contributed by atoms with Crippen LogP contribution in [0.3, 0.4) is 0 Å². The van der Waals surface area contributed by atoms with E-state index in [-0.39, 0.29) is 15.5 Å². The summed E-state index contributed by atoms with van der Waals surface area (Å²) in [5.74, 6) is 0.375. The van der Waals surface area contributed by atoms with E-state index < -0.39 is 15.9 Å². The number of nitrogens with one attached hydrogen (secondary N) is 1. The number of para-hydroxylation sites is 1. The van der Waals surface area contributed by atoms with E-state index in [0.717, 1.165) is 18.6 Å². The second-order valence-electron chi connectivity index (χ2n) is 6.52. The van der Waals surface area contributed by atoms with Gasteiger partial charge in [0.05, 0.1) is 22.1 Å². The summed E-state index contributed by atoms with van der Waals surface area (Å²) in [5.41, 5.74) is 0.158. The Morgan fingerprint density at radius 3 is 2.54 bits per heavy atom. The van der Waals surface area contributed by atoms with E-state index >= 15 is 0 Å².